The van der Waals surface area contributed by atoms with Gasteiger partial charge in [-0.3, -0.25) is 0 Å². The van der Waals surface area contributed by atoms with Gasteiger partial charge in [0.15, 0.2) is 5.82 Å². The lowest BCUT2D eigenvalue weighted by molar-refractivity contribution is 0.475. The van der Waals surface area contributed by atoms with E-state index in [0.29, 0.717) is 5.82 Å². The molecule has 94 valence electrons. The first-order chi connectivity index (χ1) is 8.61. The number of aryl methyl sites for hydroxylation is 2. The molecular formula is C14H17N3O. The zero-order valence-corrected chi connectivity index (χ0v) is 10.9. The van der Waals surface area contributed by atoms with Crippen LogP contribution >= 0.6 is 0 Å². The summed E-state index contributed by atoms with van der Waals surface area (Å²) in [7, 11) is 1.90. The highest BCUT2D eigenvalue weighted by molar-refractivity contribution is 5.58. The molecular weight excluding hydrogens is 226 g/mol. The summed E-state index contributed by atoms with van der Waals surface area (Å²) in [6.45, 7) is 4.72. The Morgan fingerprint density at radius 3 is 2.39 bits per heavy atom. The summed E-state index contributed by atoms with van der Waals surface area (Å²) in [5.41, 5.74) is 3.89. The van der Waals surface area contributed by atoms with Crippen molar-refractivity contribution in [2.75, 3.05) is 7.05 Å². The van der Waals surface area contributed by atoms with E-state index in [1.54, 1.807) is 18.2 Å². The number of hydrogen-bond donors (Lipinski definition) is 2. The van der Waals surface area contributed by atoms with E-state index < -0.39 is 0 Å². The smallest absolute Gasteiger partial charge is 0.159 e. The van der Waals surface area contributed by atoms with E-state index in [1.165, 1.54) is 0 Å². The molecule has 2 N–H and O–H groups in total. The first-order valence-corrected chi connectivity index (χ1v) is 5.90. The molecule has 0 radical (unpaired) electrons. The Morgan fingerprint density at radius 1 is 1.17 bits per heavy atom. The average Bonchev–Trinajstić information content (AvgIpc) is 2.33. The monoisotopic (exact) mass is 243 g/mol. The van der Waals surface area contributed by atoms with Crippen molar-refractivity contribution < 1.29 is 5.11 Å². The van der Waals surface area contributed by atoms with Crippen molar-refractivity contribution in [1.29, 1.82) is 0 Å². The third-order valence-corrected chi connectivity index (χ3v) is 2.88. The Labute approximate surface area is 107 Å². The minimum Gasteiger partial charge on any atom is -0.508 e. The van der Waals surface area contributed by atoms with E-state index in [0.717, 1.165) is 29.1 Å². The summed E-state index contributed by atoms with van der Waals surface area (Å²) in [5, 5.41) is 12.6. The van der Waals surface area contributed by atoms with Gasteiger partial charge in [0.2, 0.25) is 0 Å². The fourth-order valence-corrected chi connectivity index (χ4v) is 1.95. The van der Waals surface area contributed by atoms with Crippen LogP contribution in [0.15, 0.2) is 24.3 Å². The molecule has 1 aromatic heterocycles. The second-order valence-electron chi connectivity index (χ2n) is 4.28. The fourth-order valence-electron chi connectivity index (χ4n) is 1.95. The molecule has 1 heterocycles. The molecule has 0 atom stereocenters. The lowest BCUT2D eigenvalue weighted by Crippen LogP contribution is -2.11. The Balaban J connectivity index is 2.48. The predicted molar refractivity (Wildman–Crippen MR) is 71.4 cm³/mol. The molecule has 0 saturated carbocycles. The summed E-state index contributed by atoms with van der Waals surface area (Å²) in [6, 6.07) is 7.00. The van der Waals surface area contributed by atoms with E-state index in [9.17, 15) is 5.11 Å². The van der Waals surface area contributed by atoms with Crippen molar-refractivity contribution in [1.82, 2.24) is 15.3 Å². The second kappa shape index (κ2) is 5.14. The normalized spacial score (nSPS) is 10.6. The minimum atomic E-state index is 0.228. The molecule has 1 aromatic carbocycles. The maximum atomic E-state index is 9.49. The van der Waals surface area contributed by atoms with E-state index in [4.69, 9.17) is 0 Å². The van der Waals surface area contributed by atoms with Crippen LogP contribution in [0.5, 0.6) is 5.75 Å². The predicted octanol–water partition coefficient (Wildman–Crippen LogP) is 2.19. The van der Waals surface area contributed by atoms with Crippen LogP contribution in [-0.4, -0.2) is 22.1 Å². The van der Waals surface area contributed by atoms with Crippen LogP contribution in [0.2, 0.25) is 0 Å². The Morgan fingerprint density at radius 2 is 1.83 bits per heavy atom. The highest BCUT2D eigenvalue weighted by Crippen LogP contribution is 2.22. The zero-order valence-electron chi connectivity index (χ0n) is 10.9. The number of benzene rings is 1. The number of rotatable bonds is 3. The van der Waals surface area contributed by atoms with Crippen LogP contribution in [0.25, 0.3) is 11.4 Å². The van der Waals surface area contributed by atoms with Crippen molar-refractivity contribution in [2.45, 2.75) is 20.4 Å². The van der Waals surface area contributed by atoms with Crippen molar-refractivity contribution in [3.8, 4) is 17.1 Å². The lowest BCUT2D eigenvalue weighted by atomic mass is 10.1. The maximum absolute atomic E-state index is 9.49. The van der Waals surface area contributed by atoms with Crippen molar-refractivity contribution in [2.24, 2.45) is 0 Å². The first kappa shape index (κ1) is 12.5. The van der Waals surface area contributed by atoms with Crippen molar-refractivity contribution >= 4 is 0 Å². The third kappa shape index (κ3) is 2.49. The highest BCUT2D eigenvalue weighted by Gasteiger charge is 2.09. The molecule has 0 spiro atoms. The van der Waals surface area contributed by atoms with Gasteiger partial charge in [0, 0.05) is 29.1 Å². The van der Waals surface area contributed by atoms with Crippen molar-refractivity contribution in [3.05, 3.63) is 41.2 Å². The van der Waals surface area contributed by atoms with Gasteiger partial charge in [-0.15, -0.1) is 0 Å². The molecule has 4 nitrogen and oxygen atoms in total. The molecule has 2 aromatic rings. The van der Waals surface area contributed by atoms with Crippen LogP contribution in [0.4, 0.5) is 0 Å². The van der Waals surface area contributed by atoms with E-state index >= 15 is 0 Å². The standard InChI is InChI=1S/C14H17N3O/c1-9-13(8-15-3)10(2)17-14(16-9)11-5-4-6-12(18)7-11/h4-7,15,18H,8H2,1-3H3. The van der Waals surface area contributed by atoms with Gasteiger partial charge in [-0.2, -0.15) is 0 Å². The third-order valence-electron chi connectivity index (χ3n) is 2.88. The number of phenols is 1. The molecule has 2 rings (SSSR count). The number of aromatic hydroxyl groups is 1. The van der Waals surface area contributed by atoms with Crippen molar-refractivity contribution in [3.63, 3.8) is 0 Å². The van der Waals surface area contributed by atoms with Gasteiger partial charge >= 0.3 is 0 Å². The van der Waals surface area contributed by atoms with Crippen LogP contribution < -0.4 is 5.32 Å². The average molecular weight is 243 g/mol. The summed E-state index contributed by atoms with van der Waals surface area (Å²) in [6.07, 6.45) is 0. The van der Waals surface area contributed by atoms with Crippen LogP contribution in [0.3, 0.4) is 0 Å². The van der Waals surface area contributed by atoms with Crippen LogP contribution in [-0.2, 0) is 6.54 Å². The molecule has 0 bridgehead atoms. The number of nitrogens with zero attached hydrogens (tertiary/aromatic N) is 2. The van der Waals surface area contributed by atoms with Gasteiger partial charge in [-0.25, -0.2) is 9.97 Å². The van der Waals surface area contributed by atoms with Gasteiger partial charge in [-0.1, -0.05) is 12.1 Å². The summed E-state index contributed by atoms with van der Waals surface area (Å²) in [5.74, 6) is 0.881. The number of hydrogen-bond acceptors (Lipinski definition) is 4. The zero-order chi connectivity index (χ0) is 13.1. The molecule has 18 heavy (non-hydrogen) atoms. The highest BCUT2D eigenvalue weighted by atomic mass is 16.3. The molecule has 0 amide bonds. The summed E-state index contributed by atoms with van der Waals surface area (Å²) < 4.78 is 0. The van der Waals surface area contributed by atoms with Crippen LogP contribution in [0.1, 0.15) is 17.0 Å². The lowest BCUT2D eigenvalue weighted by Gasteiger charge is -2.10. The fraction of sp³-hybridized carbons (Fsp3) is 0.286. The van der Waals surface area contributed by atoms with Gasteiger partial charge in [-0.05, 0) is 33.0 Å². The molecule has 0 fully saturated rings. The molecule has 0 aliphatic heterocycles. The SMILES string of the molecule is CNCc1c(C)nc(-c2cccc(O)c2)nc1C. The minimum absolute atomic E-state index is 0.228. The first-order valence-electron chi connectivity index (χ1n) is 5.90. The largest absolute Gasteiger partial charge is 0.508 e. The molecule has 0 unspecified atom stereocenters. The van der Waals surface area contributed by atoms with E-state index in [-0.39, 0.29) is 5.75 Å². The summed E-state index contributed by atoms with van der Waals surface area (Å²) >= 11 is 0. The molecule has 0 saturated heterocycles. The molecule has 0 aliphatic rings. The van der Waals surface area contributed by atoms with E-state index in [2.05, 4.69) is 15.3 Å². The molecule has 0 aliphatic carbocycles. The van der Waals surface area contributed by atoms with Gasteiger partial charge in [0.05, 0.1) is 0 Å². The topological polar surface area (TPSA) is 58.0 Å². The van der Waals surface area contributed by atoms with Crippen LogP contribution in [0, 0.1) is 13.8 Å². The van der Waals surface area contributed by atoms with E-state index in [1.807, 2.05) is 27.0 Å². The second-order valence-corrected chi connectivity index (χ2v) is 4.28. The van der Waals surface area contributed by atoms with Gasteiger partial charge in [0.25, 0.3) is 0 Å². The quantitative estimate of drug-likeness (QED) is 0.867. The Hall–Kier alpha value is -1.94. The molecule has 4 heteroatoms. The number of phenolic OH excluding ortho intramolecular Hbond substituents is 1. The maximum Gasteiger partial charge on any atom is 0.159 e. The Bertz CT molecular complexity index is 544. The van der Waals surface area contributed by atoms with Gasteiger partial charge in [0.1, 0.15) is 5.75 Å². The summed E-state index contributed by atoms with van der Waals surface area (Å²) in [4.78, 5) is 9.00. The number of aromatic nitrogens is 2. The number of nitrogens with one attached hydrogen (secondary N) is 1. The van der Waals surface area contributed by atoms with Gasteiger partial charge < -0.3 is 10.4 Å². The Kier molecular flexibility index (Phi) is 3.58.